The third kappa shape index (κ3) is 3.64. The van der Waals surface area contributed by atoms with Crippen molar-refractivity contribution in [2.45, 2.75) is 6.92 Å². The number of aromatic nitrogens is 3. The van der Waals surface area contributed by atoms with Gasteiger partial charge in [0.25, 0.3) is 0 Å². The molecule has 0 radical (unpaired) electrons. The first-order valence-electron chi connectivity index (χ1n) is 8.68. The van der Waals surface area contributed by atoms with Crippen molar-refractivity contribution in [3.63, 3.8) is 0 Å². The number of hydrogen-bond donors (Lipinski definition) is 1. The summed E-state index contributed by atoms with van der Waals surface area (Å²) in [5, 5.41) is 3.54. The first-order valence-corrected chi connectivity index (χ1v) is 8.68. The molecule has 0 aliphatic rings. The molecule has 7 nitrogen and oxygen atoms in total. The molecule has 4 rings (SSSR count). The lowest BCUT2D eigenvalue weighted by Crippen LogP contribution is -2.16. The van der Waals surface area contributed by atoms with Crippen LogP contribution in [0.3, 0.4) is 0 Å². The van der Waals surface area contributed by atoms with Crippen LogP contribution in [0.5, 0.6) is 17.4 Å². The molecule has 3 heterocycles. The van der Waals surface area contributed by atoms with E-state index in [1.165, 1.54) is 6.20 Å². The Morgan fingerprint density at radius 1 is 1.04 bits per heavy atom. The minimum absolute atomic E-state index is 0.407. The van der Waals surface area contributed by atoms with Crippen LogP contribution >= 0.6 is 0 Å². The number of pyridine rings is 2. The van der Waals surface area contributed by atoms with Crippen LogP contribution in [0, 0.1) is 6.92 Å². The second-order valence-electron chi connectivity index (χ2n) is 6.21. The van der Waals surface area contributed by atoms with Crippen molar-refractivity contribution >= 4 is 22.7 Å². The number of carbonyl (C=O) groups excluding carboxylic acids is 1. The lowest BCUT2D eigenvalue weighted by molar-refractivity contribution is 0.215. The number of rotatable bonds is 4. The van der Waals surface area contributed by atoms with Gasteiger partial charge in [-0.1, -0.05) is 12.1 Å². The lowest BCUT2D eigenvalue weighted by atomic mass is 10.2. The van der Waals surface area contributed by atoms with Gasteiger partial charge in [-0.3, -0.25) is 10.3 Å². The van der Waals surface area contributed by atoms with Crippen molar-refractivity contribution < 1.29 is 14.3 Å². The van der Waals surface area contributed by atoms with Gasteiger partial charge < -0.3 is 14.0 Å². The molecule has 0 aliphatic carbocycles. The van der Waals surface area contributed by atoms with E-state index in [1.54, 1.807) is 30.6 Å². The summed E-state index contributed by atoms with van der Waals surface area (Å²) in [5.41, 5.74) is 2.25. The van der Waals surface area contributed by atoms with Crippen molar-refractivity contribution in [2.75, 3.05) is 5.32 Å². The molecule has 1 aromatic carbocycles. The summed E-state index contributed by atoms with van der Waals surface area (Å²) < 4.78 is 13.1. The number of anilines is 1. The number of nitrogens with zero attached hydrogens (tertiary/aromatic N) is 3. The molecule has 1 N–H and O–H groups in total. The zero-order chi connectivity index (χ0) is 19.5. The highest BCUT2D eigenvalue weighted by molar-refractivity contribution is 5.92. The number of carbonyl (C=O) groups is 1. The average Bonchev–Trinajstić information content (AvgIpc) is 3.01. The molecule has 0 aliphatic heterocycles. The van der Waals surface area contributed by atoms with E-state index < -0.39 is 6.09 Å². The third-order valence-corrected chi connectivity index (χ3v) is 4.22. The Labute approximate surface area is 161 Å². The fourth-order valence-electron chi connectivity index (χ4n) is 2.83. The third-order valence-electron chi connectivity index (χ3n) is 4.22. The van der Waals surface area contributed by atoms with Crippen LogP contribution in [0.4, 0.5) is 10.5 Å². The Hall–Kier alpha value is -3.87. The van der Waals surface area contributed by atoms with E-state index in [1.807, 2.05) is 48.9 Å². The first-order chi connectivity index (χ1) is 13.6. The zero-order valence-electron chi connectivity index (χ0n) is 15.4. The van der Waals surface area contributed by atoms with Gasteiger partial charge in [0.1, 0.15) is 0 Å². The van der Waals surface area contributed by atoms with Crippen LogP contribution in [0.1, 0.15) is 5.69 Å². The zero-order valence-corrected chi connectivity index (χ0v) is 15.4. The maximum atomic E-state index is 12.2. The van der Waals surface area contributed by atoms with Crippen molar-refractivity contribution in [1.29, 1.82) is 0 Å². The van der Waals surface area contributed by atoms with Gasteiger partial charge in [-0.25, -0.2) is 9.78 Å². The molecule has 0 bridgehead atoms. The molecule has 1 amide bonds. The molecule has 0 saturated heterocycles. The smallest absolute Gasteiger partial charge is 0.417 e. The summed E-state index contributed by atoms with van der Waals surface area (Å²) >= 11 is 0. The number of para-hydroxylation sites is 1. The van der Waals surface area contributed by atoms with Gasteiger partial charge in [-0.05, 0) is 37.3 Å². The number of hydrogen-bond acceptors (Lipinski definition) is 5. The lowest BCUT2D eigenvalue weighted by Gasteiger charge is -2.08. The van der Waals surface area contributed by atoms with Crippen LogP contribution in [-0.4, -0.2) is 20.6 Å². The summed E-state index contributed by atoms with van der Waals surface area (Å²) in [7, 11) is 1.90. The molecular formula is C21H18N4O3. The van der Waals surface area contributed by atoms with Gasteiger partial charge in [-0.15, -0.1) is 0 Å². The summed E-state index contributed by atoms with van der Waals surface area (Å²) in [6, 6.07) is 14.7. The summed E-state index contributed by atoms with van der Waals surface area (Å²) in [6.45, 7) is 1.86. The molecule has 0 saturated carbocycles. The topological polar surface area (TPSA) is 78.3 Å². The minimum atomic E-state index is -0.588. The van der Waals surface area contributed by atoms with Crippen LogP contribution in [0.15, 0.2) is 67.1 Å². The molecular weight excluding hydrogens is 356 g/mol. The molecule has 140 valence electrons. The predicted molar refractivity (Wildman–Crippen MR) is 106 cm³/mol. The standard InChI is InChI=1S/C21H18N4O3/c1-14-18(8-5-11-22-14)27-20-10-9-15(12-23-20)24-21(26)28-19-13-25(2)17-7-4-3-6-16(17)19/h3-13H,1-2H3,(H,24,26). The molecule has 7 heteroatoms. The second kappa shape index (κ2) is 7.40. The maximum absolute atomic E-state index is 12.2. The van der Waals surface area contributed by atoms with Gasteiger partial charge in [0.05, 0.1) is 23.1 Å². The Balaban J connectivity index is 1.42. The molecule has 0 atom stereocenters. The number of nitrogens with one attached hydrogen (secondary N) is 1. The van der Waals surface area contributed by atoms with Gasteiger partial charge in [0, 0.05) is 30.9 Å². The van der Waals surface area contributed by atoms with Crippen LogP contribution in [0.2, 0.25) is 0 Å². The van der Waals surface area contributed by atoms with E-state index in [4.69, 9.17) is 9.47 Å². The van der Waals surface area contributed by atoms with Gasteiger partial charge >= 0.3 is 6.09 Å². The first kappa shape index (κ1) is 17.5. The Morgan fingerprint density at radius 2 is 1.89 bits per heavy atom. The summed E-state index contributed by atoms with van der Waals surface area (Å²) in [5.74, 6) is 1.53. The monoisotopic (exact) mass is 374 g/mol. The molecule has 0 fully saturated rings. The summed E-state index contributed by atoms with van der Waals surface area (Å²) in [6.07, 6.45) is 4.39. The Kier molecular flexibility index (Phi) is 4.63. The SMILES string of the molecule is Cc1ncccc1Oc1ccc(NC(=O)Oc2cn(C)c3ccccc23)cn1. The van der Waals surface area contributed by atoms with E-state index in [2.05, 4.69) is 15.3 Å². The van der Waals surface area contributed by atoms with Crippen LogP contribution in [0.25, 0.3) is 10.9 Å². The minimum Gasteiger partial charge on any atom is -0.437 e. The fourth-order valence-corrected chi connectivity index (χ4v) is 2.83. The van der Waals surface area contributed by atoms with E-state index in [0.717, 1.165) is 16.6 Å². The molecule has 0 spiro atoms. The maximum Gasteiger partial charge on any atom is 0.417 e. The fraction of sp³-hybridized carbons (Fsp3) is 0.0952. The molecule has 3 aromatic heterocycles. The number of amides is 1. The normalized spacial score (nSPS) is 10.6. The Morgan fingerprint density at radius 3 is 2.68 bits per heavy atom. The molecule has 28 heavy (non-hydrogen) atoms. The highest BCUT2D eigenvalue weighted by Crippen LogP contribution is 2.27. The van der Waals surface area contributed by atoms with E-state index in [0.29, 0.717) is 23.1 Å². The quantitative estimate of drug-likeness (QED) is 0.561. The predicted octanol–water partition coefficient (Wildman–Crippen LogP) is 4.68. The van der Waals surface area contributed by atoms with E-state index in [9.17, 15) is 4.79 Å². The molecule has 0 unspecified atom stereocenters. The van der Waals surface area contributed by atoms with Crippen molar-refractivity contribution in [3.05, 3.63) is 72.8 Å². The van der Waals surface area contributed by atoms with E-state index in [-0.39, 0.29) is 0 Å². The van der Waals surface area contributed by atoms with E-state index >= 15 is 0 Å². The highest BCUT2D eigenvalue weighted by Gasteiger charge is 2.12. The highest BCUT2D eigenvalue weighted by atomic mass is 16.6. The number of ether oxygens (including phenoxy) is 2. The molecule has 4 aromatic rings. The largest absolute Gasteiger partial charge is 0.437 e. The van der Waals surface area contributed by atoms with Gasteiger partial charge in [0.15, 0.2) is 11.5 Å². The van der Waals surface area contributed by atoms with Gasteiger partial charge in [-0.2, -0.15) is 0 Å². The Bertz CT molecular complexity index is 1140. The second-order valence-corrected chi connectivity index (χ2v) is 6.21. The van der Waals surface area contributed by atoms with Crippen LogP contribution in [-0.2, 0) is 7.05 Å². The van der Waals surface area contributed by atoms with Crippen molar-refractivity contribution in [2.24, 2.45) is 7.05 Å². The van der Waals surface area contributed by atoms with Crippen molar-refractivity contribution in [3.8, 4) is 17.4 Å². The van der Waals surface area contributed by atoms with Crippen molar-refractivity contribution in [1.82, 2.24) is 14.5 Å². The number of aryl methyl sites for hydroxylation is 2. The van der Waals surface area contributed by atoms with Gasteiger partial charge in [0.2, 0.25) is 5.88 Å². The summed E-state index contributed by atoms with van der Waals surface area (Å²) in [4.78, 5) is 20.6. The average molecular weight is 374 g/mol. The van der Waals surface area contributed by atoms with Crippen LogP contribution < -0.4 is 14.8 Å². The number of fused-ring (bicyclic) bond motifs is 1. The number of benzene rings is 1.